The Morgan fingerprint density at radius 3 is 2.47 bits per heavy atom. The molecule has 0 saturated carbocycles. The molecule has 2 aromatic rings. The summed E-state index contributed by atoms with van der Waals surface area (Å²) in [7, 11) is -3.54. The number of aromatic amines is 1. The predicted molar refractivity (Wildman–Crippen MR) is 68.5 cm³/mol. The molecule has 0 saturated heterocycles. The molecule has 0 radical (unpaired) electrons. The number of aromatic nitrogens is 2. The third kappa shape index (κ3) is 2.86. The van der Waals surface area contributed by atoms with Gasteiger partial charge in [0.05, 0.1) is 11.1 Å². The van der Waals surface area contributed by atoms with E-state index in [1.54, 1.807) is 30.3 Å². The van der Waals surface area contributed by atoms with Crippen LogP contribution in [0, 0.1) is 0 Å². The van der Waals surface area contributed by atoms with Crippen LogP contribution in [0.15, 0.2) is 41.4 Å². The lowest BCUT2D eigenvalue weighted by atomic mass is 10.2. The van der Waals surface area contributed by atoms with E-state index in [0.717, 1.165) is 5.56 Å². The molecule has 0 atom stereocenters. The van der Waals surface area contributed by atoms with Gasteiger partial charge in [-0.25, -0.2) is 8.42 Å². The average Bonchev–Trinajstić information content (AvgIpc) is 2.81. The summed E-state index contributed by atoms with van der Waals surface area (Å²) in [6.45, 7) is 0. The van der Waals surface area contributed by atoms with Crippen LogP contribution in [0.25, 0.3) is 0 Å². The Labute approximate surface area is 107 Å². The maximum Gasteiger partial charge on any atom is 0.263 e. The van der Waals surface area contributed by atoms with Gasteiger partial charge in [-0.3, -0.25) is 9.82 Å². The van der Waals surface area contributed by atoms with Gasteiger partial charge >= 0.3 is 0 Å². The second kappa shape index (κ2) is 4.89. The van der Waals surface area contributed by atoms with E-state index in [2.05, 4.69) is 30.8 Å². The summed E-state index contributed by atoms with van der Waals surface area (Å²) in [5, 5.41) is 6.90. The molecular formula is C10H10BrN3O2S. The average molecular weight is 316 g/mol. The molecule has 1 aromatic carbocycles. The smallest absolute Gasteiger partial charge is 0.263 e. The molecule has 0 fully saturated rings. The van der Waals surface area contributed by atoms with Crippen molar-refractivity contribution in [3.05, 3.63) is 42.1 Å². The number of hydrogen-bond acceptors (Lipinski definition) is 3. The highest BCUT2D eigenvalue weighted by molar-refractivity contribution is 9.08. The van der Waals surface area contributed by atoms with Crippen molar-refractivity contribution in [2.75, 3.05) is 4.72 Å². The second-order valence-electron chi connectivity index (χ2n) is 3.35. The molecule has 0 aliphatic rings. The summed E-state index contributed by atoms with van der Waals surface area (Å²) in [6.07, 6.45) is 1.48. The van der Waals surface area contributed by atoms with Gasteiger partial charge in [0.15, 0.2) is 0 Å². The van der Waals surface area contributed by atoms with Crippen molar-refractivity contribution < 1.29 is 8.42 Å². The minimum absolute atomic E-state index is 0.219. The van der Waals surface area contributed by atoms with Crippen molar-refractivity contribution in [2.45, 2.75) is 10.2 Å². The number of alkyl halides is 1. The van der Waals surface area contributed by atoms with E-state index in [1.165, 1.54) is 6.20 Å². The molecule has 90 valence electrons. The second-order valence-corrected chi connectivity index (χ2v) is 5.60. The van der Waals surface area contributed by atoms with E-state index in [1.807, 2.05) is 0 Å². The number of sulfonamides is 1. The minimum Gasteiger partial charge on any atom is -0.264 e. The molecule has 0 spiro atoms. The highest BCUT2D eigenvalue weighted by atomic mass is 79.9. The summed E-state index contributed by atoms with van der Waals surface area (Å²) in [6, 6.07) is 8.20. The van der Waals surface area contributed by atoms with Crippen LogP contribution < -0.4 is 4.72 Å². The monoisotopic (exact) mass is 315 g/mol. The van der Waals surface area contributed by atoms with E-state index in [0.29, 0.717) is 11.1 Å². The molecule has 17 heavy (non-hydrogen) atoms. The van der Waals surface area contributed by atoms with Crippen molar-refractivity contribution in [1.29, 1.82) is 0 Å². The van der Waals surface area contributed by atoms with Crippen LogP contribution in [0.5, 0.6) is 0 Å². The van der Waals surface area contributed by atoms with Gasteiger partial charge in [0.2, 0.25) is 0 Å². The molecule has 5 nitrogen and oxygen atoms in total. The first-order valence-corrected chi connectivity index (χ1v) is 7.39. The third-order valence-electron chi connectivity index (χ3n) is 2.13. The fourth-order valence-electron chi connectivity index (χ4n) is 1.27. The first kappa shape index (κ1) is 12.1. The maximum atomic E-state index is 11.9. The lowest BCUT2D eigenvalue weighted by molar-refractivity contribution is 0.601. The zero-order valence-electron chi connectivity index (χ0n) is 8.72. The molecule has 0 aliphatic carbocycles. The number of hydrogen-bond donors (Lipinski definition) is 2. The number of anilines is 1. The van der Waals surface area contributed by atoms with Gasteiger partial charge in [-0.05, 0) is 17.7 Å². The van der Waals surface area contributed by atoms with Gasteiger partial charge < -0.3 is 0 Å². The number of nitrogens with one attached hydrogen (secondary N) is 2. The van der Waals surface area contributed by atoms with Crippen LogP contribution in [0.4, 0.5) is 5.82 Å². The third-order valence-corrected chi connectivity index (χ3v) is 4.16. The highest BCUT2D eigenvalue weighted by Gasteiger charge is 2.14. The lowest BCUT2D eigenvalue weighted by Crippen LogP contribution is -2.13. The van der Waals surface area contributed by atoms with Crippen LogP contribution >= 0.6 is 15.9 Å². The minimum atomic E-state index is -3.54. The molecular weight excluding hydrogens is 306 g/mol. The summed E-state index contributed by atoms with van der Waals surface area (Å²) in [4.78, 5) is 0.219. The number of rotatable bonds is 4. The van der Waals surface area contributed by atoms with Gasteiger partial charge in [-0.1, -0.05) is 28.1 Å². The van der Waals surface area contributed by atoms with Gasteiger partial charge in [0, 0.05) is 11.4 Å². The Kier molecular flexibility index (Phi) is 3.49. The Balaban J connectivity index is 2.25. The van der Waals surface area contributed by atoms with E-state index in [4.69, 9.17) is 0 Å². The first-order valence-electron chi connectivity index (χ1n) is 4.79. The number of H-pyrrole nitrogens is 1. The van der Waals surface area contributed by atoms with E-state index >= 15 is 0 Å². The molecule has 0 unspecified atom stereocenters. The molecule has 1 heterocycles. The molecule has 7 heteroatoms. The van der Waals surface area contributed by atoms with Gasteiger partial charge in [0.25, 0.3) is 10.0 Å². The first-order chi connectivity index (χ1) is 8.12. The fraction of sp³-hybridized carbons (Fsp3) is 0.100. The van der Waals surface area contributed by atoms with Crippen LogP contribution in [-0.2, 0) is 15.4 Å². The number of nitrogens with zero attached hydrogens (tertiary/aromatic N) is 1. The van der Waals surface area contributed by atoms with E-state index < -0.39 is 10.0 Å². The van der Waals surface area contributed by atoms with Crippen molar-refractivity contribution in [2.24, 2.45) is 0 Å². The molecule has 1 aromatic heterocycles. The van der Waals surface area contributed by atoms with Gasteiger partial charge in [-0.2, -0.15) is 5.10 Å². The SMILES string of the molecule is O=S(=O)(Nc1ccn[nH]1)c1ccc(CBr)cc1. The fourth-order valence-corrected chi connectivity index (χ4v) is 2.66. The van der Waals surface area contributed by atoms with Gasteiger partial charge in [0.1, 0.15) is 5.82 Å². The van der Waals surface area contributed by atoms with E-state index in [9.17, 15) is 8.42 Å². The van der Waals surface area contributed by atoms with E-state index in [-0.39, 0.29) is 4.90 Å². The topological polar surface area (TPSA) is 74.8 Å². The van der Waals surface area contributed by atoms with Crippen molar-refractivity contribution in [1.82, 2.24) is 10.2 Å². The maximum absolute atomic E-state index is 11.9. The zero-order chi connectivity index (χ0) is 12.3. The number of halogens is 1. The highest BCUT2D eigenvalue weighted by Crippen LogP contribution is 2.15. The zero-order valence-corrected chi connectivity index (χ0v) is 11.1. The molecule has 2 N–H and O–H groups in total. The van der Waals surface area contributed by atoms with Crippen LogP contribution in [0.2, 0.25) is 0 Å². The molecule has 0 amide bonds. The standard InChI is InChI=1S/C10H10BrN3O2S/c11-7-8-1-3-9(4-2-8)17(15,16)14-10-5-6-12-13-10/h1-6H,7H2,(H2,12,13,14). The predicted octanol–water partition coefficient (Wildman–Crippen LogP) is 2.11. The summed E-state index contributed by atoms with van der Waals surface area (Å²) < 4.78 is 26.3. The molecule has 0 aliphatic heterocycles. The Morgan fingerprint density at radius 1 is 1.24 bits per heavy atom. The summed E-state index contributed by atoms with van der Waals surface area (Å²) in [5.41, 5.74) is 1.02. The van der Waals surface area contributed by atoms with Crippen molar-refractivity contribution >= 4 is 31.8 Å². The Bertz CT molecular complexity index is 579. The molecule has 2 rings (SSSR count). The largest absolute Gasteiger partial charge is 0.264 e. The van der Waals surface area contributed by atoms with Crippen LogP contribution in [0.3, 0.4) is 0 Å². The Hall–Kier alpha value is -1.34. The van der Waals surface area contributed by atoms with Crippen molar-refractivity contribution in [3.63, 3.8) is 0 Å². The normalized spacial score (nSPS) is 11.4. The van der Waals surface area contributed by atoms with Crippen molar-refractivity contribution in [3.8, 4) is 0 Å². The molecule has 0 bridgehead atoms. The van der Waals surface area contributed by atoms with Crippen LogP contribution in [0.1, 0.15) is 5.56 Å². The summed E-state index contributed by atoms with van der Waals surface area (Å²) in [5.74, 6) is 0.342. The van der Waals surface area contributed by atoms with Gasteiger partial charge in [-0.15, -0.1) is 0 Å². The quantitative estimate of drug-likeness (QED) is 0.848. The lowest BCUT2D eigenvalue weighted by Gasteiger charge is -2.06. The Morgan fingerprint density at radius 2 is 1.94 bits per heavy atom. The van der Waals surface area contributed by atoms with Crippen LogP contribution in [-0.4, -0.2) is 18.6 Å². The number of benzene rings is 1. The summed E-state index contributed by atoms with van der Waals surface area (Å²) >= 11 is 3.30.